The lowest BCUT2D eigenvalue weighted by Crippen LogP contribution is -2.40. The van der Waals surface area contributed by atoms with Gasteiger partial charge in [-0.2, -0.15) is 14.8 Å². The molecule has 4 rings (SSSR count). The number of rotatable bonds is 7. The third-order valence-corrected chi connectivity index (χ3v) is 5.12. The number of ether oxygens (including phenoxy) is 1. The normalized spacial score (nSPS) is 14.4. The largest absolute Gasteiger partial charge is 0.379 e. The minimum absolute atomic E-state index is 0.236. The van der Waals surface area contributed by atoms with Crippen LogP contribution < -0.4 is 16.6 Å². The second-order valence-corrected chi connectivity index (χ2v) is 7.37. The van der Waals surface area contributed by atoms with Crippen molar-refractivity contribution in [3.8, 4) is 17.2 Å². The number of hydrogen-bond donors (Lipinski definition) is 1. The lowest BCUT2D eigenvalue weighted by atomic mass is 10.3. The lowest BCUT2D eigenvalue weighted by molar-refractivity contribution is 0.0374. The van der Waals surface area contributed by atoms with E-state index in [1.807, 2.05) is 0 Å². The first-order chi connectivity index (χ1) is 15.9. The van der Waals surface area contributed by atoms with Gasteiger partial charge in [0, 0.05) is 26.7 Å². The highest BCUT2D eigenvalue weighted by atomic mass is 19.1. The Morgan fingerprint density at radius 3 is 2.64 bits per heavy atom. The molecule has 13 heteroatoms. The summed E-state index contributed by atoms with van der Waals surface area (Å²) < 4.78 is 25.2. The monoisotopic (exact) mass is 459 g/mol. The minimum atomic E-state index is -0.767. The Labute approximate surface area is 186 Å². The van der Waals surface area contributed by atoms with Gasteiger partial charge in [-0.3, -0.25) is 19.1 Å². The summed E-state index contributed by atoms with van der Waals surface area (Å²) in [6.07, 6.45) is 0.734. The summed E-state index contributed by atoms with van der Waals surface area (Å²) in [5.41, 5.74) is -1.56. The van der Waals surface area contributed by atoms with Crippen LogP contribution in [0.15, 0.2) is 38.4 Å². The van der Waals surface area contributed by atoms with Gasteiger partial charge in [0.2, 0.25) is 5.82 Å². The molecule has 0 atom stereocenters. The van der Waals surface area contributed by atoms with Crippen LogP contribution >= 0.6 is 0 Å². The third kappa shape index (κ3) is 5.04. The van der Waals surface area contributed by atoms with E-state index in [0.29, 0.717) is 19.8 Å². The van der Waals surface area contributed by atoms with Crippen molar-refractivity contribution in [3.05, 3.63) is 56.8 Å². The minimum Gasteiger partial charge on any atom is -0.379 e. The van der Waals surface area contributed by atoms with Crippen molar-refractivity contribution in [3.63, 3.8) is 0 Å². The lowest BCUT2D eigenvalue weighted by Gasteiger charge is -2.26. The molecule has 2 aromatic heterocycles. The highest BCUT2D eigenvalue weighted by molar-refractivity contribution is 5.89. The molecule has 1 aliphatic rings. The fourth-order valence-electron chi connectivity index (χ4n) is 3.28. The van der Waals surface area contributed by atoms with Gasteiger partial charge < -0.3 is 14.6 Å². The standard InChI is InChI=1S/C20H22FN7O5/c1-26-19(30)15(24-28(20(26)31)14-5-3-13(21)4-6-14)16-23-18(33-25-16)17(29)22-7-2-8-27-9-11-32-12-10-27/h3-6H,2,7-12H2,1H3,(H,22,29). The molecule has 0 bridgehead atoms. The van der Waals surface area contributed by atoms with E-state index in [0.717, 1.165) is 47.4 Å². The maximum absolute atomic E-state index is 13.2. The maximum atomic E-state index is 13.2. The number of nitrogens with zero attached hydrogens (tertiary/aromatic N) is 6. The summed E-state index contributed by atoms with van der Waals surface area (Å²) in [7, 11) is 1.26. The zero-order chi connectivity index (χ0) is 23.4. The van der Waals surface area contributed by atoms with Crippen LogP contribution in [0.2, 0.25) is 0 Å². The van der Waals surface area contributed by atoms with E-state index in [4.69, 9.17) is 9.26 Å². The Kier molecular flexibility index (Phi) is 6.70. The van der Waals surface area contributed by atoms with Crippen LogP contribution in [0.1, 0.15) is 17.1 Å². The summed E-state index contributed by atoms with van der Waals surface area (Å²) in [6.45, 7) is 4.37. The first-order valence-electron chi connectivity index (χ1n) is 10.3. The van der Waals surface area contributed by atoms with E-state index in [9.17, 15) is 18.8 Å². The first kappa shape index (κ1) is 22.5. The molecule has 0 aliphatic carbocycles. The molecule has 33 heavy (non-hydrogen) atoms. The number of nitrogens with one attached hydrogen (secondary N) is 1. The number of carbonyl (C=O) groups is 1. The Balaban J connectivity index is 1.48. The van der Waals surface area contributed by atoms with E-state index < -0.39 is 23.0 Å². The molecule has 0 unspecified atom stereocenters. The van der Waals surface area contributed by atoms with Gasteiger partial charge in [0.25, 0.3) is 5.56 Å². The quantitative estimate of drug-likeness (QED) is 0.467. The number of carbonyl (C=O) groups excluding carboxylic acids is 1. The number of hydrogen-bond acceptors (Lipinski definition) is 9. The number of benzene rings is 1. The summed E-state index contributed by atoms with van der Waals surface area (Å²) in [6, 6.07) is 4.99. The summed E-state index contributed by atoms with van der Waals surface area (Å²) in [4.78, 5) is 43.6. The van der Waals surface area contributed by atoms with Crippen LogP contribution in [-0.2, 0) is 11.8 Å². The predicted molar refractivity (Wildman–Crippen MR) is 113 cm³/mol. The topological polar surface area (TPSA) is 137 Å². The van der Waals surface area contributed by atoms with Crippen molar-refractivity contribution < 1.29 is 18.4 Å². The molecule has 1 aromatic carbocycles. The second-order valence-electron chi connectivity index (χ2n) is 7.37. The fraction of sp³-hybridized carbons (Fsp3) is 0.400. The van der Waals surface area contributed by atoms with Crippen molar-refractivity contribution in [2.75, 3.05) is 39.4 Å². The molecule has 3 aromatic rings. The van der Waals surface area contributed by atoms with Gasteiger partial charge in [-0.25, -0.2) is 9.18 Å². The van der Waals surface area contributed by atoms with Crippen LogP contribution in [0.25, 0.3) is 17.2 Å². The number of aromatic nitrogens is 5. The van der Waals surface area contributed by atoms with Gasteiger partial charge in [0.1, 0.15) is 5.82 Å². The van der Waals surface area contributed by atoms with Gasteiger partial charge in [-0.15, -0.1) is 0 Å². The Morgan fingerprint density at radius 2 is 1.91 bits per heavy atom. The first-order valence-corrected chi connectivity index (χ1v) is 10.3. The smallest absolute Gasteiger partial charge is 0.351 e. The molecule has 1 N–H and O–H groups in total. The van der Waals surface area contributed by atoms with Gasteiger partial charge in [-0.1, -0.05) is 5.16 Å². The molecule has 12 nitrogen and oxygen atoms in total. The van der Waals surface area contributed by atoms with Crippen LogP contribution in [0.5, 0.6) is 0 Å². The molecule has 1 aliphatic heterocycles. The van der Waals surface area contributed by atoms with Gasteiger partial charge in [-0.05, 0) is 37.2 Å². The molecular weight excluding hydrogens is 437 g/mol. The Hall–Kier alpha value is -3.71. The van der Waals surface area contributed by atoms with Crippen molar-refractivity contribution in [1.29, 1.82) is 0 Å². The fourth-order valence-corrected chi connectivity index (χ4v) is 3.28. The molecular formula is C20H22FN7O5. The van der Waals surface area contributed by atoms with Crippen molar-refractivity contribution in [1.82, 2.24) is 34.7 Å². The van der Waals surface area contributed by atoms with Crippen LogP contribution in [0.4, 0.5) is 4.39 Å². The predicted octanol–water partition coefficient (Wildman–Crippen LogP) is -0.428. The average Bonchev–Trinajstić information content (AvgIpc) is 3.32. The van der Waals surface area contributed by atoms with Crippen LogP contribution in [0.3, 0.4) is 0 Å². The van der Waals surface area contributed by atoms with Crippen LogP contribution in [-0.4, -0.2) is 74.7 Å². The molecule has 0 saturated carbocycles. The number of amides is 1. The zero-order valence-electron chi connectivity index (χ0n) is 17.9. The number of morpholine rings is 1. The van der Waals surface area contributed by atoms with Crippen molar-refractivity contribution in [2.24, 2.45) is 7.05 Å². The van der Waals surface area contributed by atoms with Gasteiger partial charge >= 0.3 is 17.5 Å². The molecule has 3 heterocycles. The summed E-state index contributed by atoms with van der Waals surface area (Å²) in [5, 5.41) is 10.4. The molecule has 1 fully saturated rings. The van der Waals surface area contributed by atoms with E-state index in [2.05, 4.69) is 25.5 Å². The molecule has 1 saturated heterocycles. The van der Waals surface area contributed by atoms with E-state index >= 15 is 0 Å². The zero-order valence-corrected chi connectivity index (χ0v) is 17.9. The van der Waals surface area contributed by atoms with E-state index in [1.54, 1.807) is 0 Å². The van der Waals surface area contributed by atoms with E-state index in [1.165, 1.54) is 19.2 Å². The average molecular weight is 459 g/mol. The third-order valence-electron chi connectivity index (χ3n) is 5.12. The Bertz CT molecular complexity index is 1240. The highest BCUT2D eigenvalue weighted by Crippen LogP contribution is 2.10. The molecule has 174 valence electrons. The highest BCUT2D eigenvalue weighted by Gasteiger charge is 2.22. The summed E-state index contributed by atoms with van der Waals surface area (Å²) in [5.74, 6) is -1.65. The molecule has 0 spiro atoms. The number of halogens is 1. The molecule has 0 radical (unpaired) electrons. The van der Waals surface area contributed by atoms with Gasteiger partial charge in [0.05, 0.1) is 18.9 Å². The van der Waals surface area contributed by atoms with Crippen molar-refractivity contribution in [2.45, 2.75) is 6.42 Å². The molecule has 1 amide bonds. The van der Waals surface area contributed by atoms with Crippen LogP contribution in [0, 0.1) is 5.82 Å². The van der Waals surface area contributed by atoms with E-state index in [-0.39, 0.29) is 23.1 Å². The van der Waals surface area contributed by atoms with Crippen molar-refractivity contribution >= 4 is 5.91 Å². The van der Waals surface area contributed by atoms with Gasteiger partial charge in [0.15, 0.2) is 5.69 Å². The SMILES string of the molecule is Cn1c(=O)c(-c2noc(C(=O)NCCCN3CCOCC3)n2)nn(-c2ccc(F)cc2)c1=O. The Morgan fingerprint density at radius 1 is 1.18 bits per heavy atom. The second kappa shape index (κ2) is 9.83. The maximum Gasteiger partial charge on any atom is 0.351 e. The summed E-state index contributed by atoms with van der Waals surface area (Å²) >= 11 is 0.